The lowest BCUT2D eigenvalue weighted by atomic mass is 10.2. The normalized spacial score (nSPS) is 10.7. The molecule has 0 saturated heterocycles. The third-order valence-electron chi connectivity index (χ3n) is 4.26. The molecular weight excluding hydrogens is 448 g/mol. The minimum Gasteiger partial charge on any atom is -0.497 e. The zero-order valence-electron chi connectivity index (χ0n) is 17.9. The Kier molecular flexibility index (Phi) is 8.36. The average molecular weight is 471 g/mol. The number of methoxy groups -OCH3 is 2. The van der Waals surface area contributed by atoms with Crippen molar-refractivity contribution in [1.82, 2.24) is 5.43 Å². The molecule has 1 amide bonds. The molecule has 0 bridgehead atoms. The number of amides is 1. The number of hydrogen-bond acceptors (Lipinski definition) is 8. The maximum absolute atomic E-state index is 12.0. The van der Waals surface area contributed by atoms with Gasteiger partial charge in [0.15, 0.2) is 11.5 Å². The third kappa shape index (κ3) is 7.04. The highest BCUT2D eigenvalue weighted by Crippen LogP contribution is 2.28. The summed E-state index contributed by atoms with van der Waals surface area (Å²) in [5.41, 5.74) is 3.18. The van der Waals surface area contributed by atoms with Crippen LogP contribution in [0.25, 0.3) is 0 Å². The summed E-state index contributed by atoms with van der Waals surface area (Å²) in [6, 6.07) is 15.4. The number of benzene rings is 2. The fraction of sp³-hybridized carbons (Fsp3) is 0.174. The van der Waals surface area contributed by atoms with Crippen LogP contribution in [0.2, 0.25) is 0 Å². The first-order chi connectivity index (χ1) is 16.0. The zero-order valence-corrected chi connectivity index (χ0v) is 18.8. The van der Waals surface area contributed by atoms with Gasteiger partial charge in [0.2, 0.25) is 11.7 Å². The van der Waals surface area contributed by atoms with Crippen LogP contribution in [0.4, 0.5) is 0 Å². The van der Waals surface area contributed by atoms with Crippen LogP contribution in [0.1, 0.15) is 21.9 Å². The van der Waals surface area contributed by atoms with Gasteiger partial charge >= 0.3 is 5.97 Å². The first-order valence-corrected chi connectivity index (χ1v) is 10.7. The van der Waals surface area contributed by atoms with E-state index in [1.165, 1.54) is 37.2 Å². The highest BCUT2D eigenvalue weighted by Gasteiger charge is 2.11. The Morgan fingerprint density at radius 2 is 1.85 bits per heavy atom. The van der Waals surface area contributed by atoms with Crippen molar-refractivity contribution < 1.29 is 33.3 Å². The minimum absolute atomic E-state index is 0.0407. The maximum atomic E-state index is 12.0. The number of thioether (sulfide) groups is 1. The Hall–Kier alpha value is -3.92. The van der Waals surface area contributed by atoms with Crippen molar-refractivity contribution >= 4 is 29.9 Å². The zero-order chi connectivity index (χ0) is 23.6. The van der Waals surface area contributed by atoms with E-state index in [2.05, 4.69) is 10.5 Å². The Balaban J connectivity index is 1.50. The molecule has 1 heterocycles. The molecule has 1 aromatic heterocycles. The lowest BCUT2D eigenvalue weighted by molar-refractivity contribution is -0.118. The Morgan fingerprint density at radius 3 is 2.52 bits per heavy atom. The third-order valence-corrected chi connectivity index (χ3v) is 5.27. The van der Waals surface area contributed by atoms with E-state index in [1.807, 2.05) is 24.3 Å². The van der Waals surface area contributed by atoms with Crippen molar-refractivity contribution in [3.63, 3.8) is 0 Å². The topological polar surface area (TPSA) is 120 Å². The second-order valence-electron chi connectivity index (χ2n) is 6.53. The molecule has 0 atom stereocenters. The molecule has 0 aliphatic rings. The fourth-order valence-corrected chi connectivity index (χ4v) is 3.33. The monoisotopic (exact) mass is 470 g/mol. The molecule has 2 aromatic carbocycles. The van der Waals surface area contributed by atoms with Crippen LogP contribution in [-0.2, 0) is 11.4 Å². The number of carboxylic acid groups (broad SMARTS) is 1. The van der Waals surface area contributed by atoms with Gasteiger partial charge in [0.1, 0.15) is 18.1 Å². The predicted molar refractivity (Wildman–Crippen MR) is 122 cm³/mol. The molecule has 0 aliphatic carbocycles. The van der Waals surface area contributed by atoms with Crippen LogP contribution in [0.15, 0.2) is 69.0 Å². The van der Waals surface area contributed by atoms with Crippen molar-refractivity contribution in [3.8, 4) is 17.2 Å². The van der Waals surface area contributed by atoms with Crippen LogP contribution in [-0.4, -0.2) is 43.2 Å². The number of nitrogens with zero attached hydrogens (tertiary/aromatic N) is 1. The molecule has 0 radical (unpaired) electrons. The highest BCUT2D eigenvalue weighted by atomic mass is 32.2. The molecule has 0 fully saturated rings. The Morgan fingerprint density at radius 1 is 1.06 bits per heavy atom. The van der Waals surface area contributed by atoms with E-state index in [-0.39, 0.29) is 24.0 Å². The van der Waals surface area contributed by atoms with Gasteiger partial charge in [-0.05, 0) is 60.2 Å². The van der Waals surface area contributed by atoms with Crippen LogP contribution >= 0.6 is 11.8 Å². The number of carbonyl (C=O) groups excluding carboxylic acids is 1. The molecule has 2 N–H and O–H groups in total. The standard InChI is InChI=1S/C23H22N2O7S/c1-29-16-4-7-18(8-5-16)33-14-22(26)25-24-12-15-3-9-19(21(11-15)30-2)31-13-17-6-10-20(32-17)23(27)28/h3-12H,13-14H2,1-2H3,(H,25,26)(H,27,28)/b24-12+. The molecule has 172 valence electrons. The van der Waals surface area contributed by atoms with Crippen molar-refractivity contribution in [3.05, 3.63) is 71.7 Å². The van der Waals surface area contributed by atoms with Crippen molar-refractivity contribution in [2.45, 2.75) is 11.5 Å². The molecule has 0 spiro atoms. The number of carbonyl (C=O) groups is 2. The van der Waals surface area contributed by atoms with Gasteiger partial charge in [-0.1, -0.05) is 0 Å². The number of furan rings is 1. The number of rotatable bonds is 11. The first kappa shape index (κ1) is 23.7. The van der Waals surface area contributed by atoms with E-state index in [0.29, 0.717) is 22.8 Å². The van der Waals surface area contributed by atoms with Crippen LogP contribution in [0.5, 0.6) is 17.2 Å². The summed E-state index contributed by atoms with van der Waals surface area (Å²) in [6.45, 7) is 0.0407. The Bertz CT molecular complexity index is 1130. The molecule has 0 saturated carbocycles. The SMILES string of the molecule is COc1ccc(SCC(=O)N/N=C/c2ccc(OCc3ccc(C(=O)O)o3)c(OC)c2)cc1. The number of hydrazone groups is 1. The first-order valence-electron chi connectivity index (χ1n) is 9.70. The molecular formula is C23H22N2O7S. The molecule has 9 nitrogen and oxygen atoms in total. The van der Waals surface area contributed by atoms with Gasteiger partial charge in [-0.2, -0.15) is 5.10 Å². The highest BCUT2D eigenvalue weighted by molar-refractivity contribution is 8.00. The number of carboxylic acids is 1. The molecule has 3 aromatic rings. The summed E-state index contributed by atoms with van der Waals surface area (Å²) in [5.74, 6) is 0.705. The van der Waals surface area contributed by atoms with E-state index < -0.39 is 5.97 Å². The van der Waals surface area contributed by atoms with Gasteiger partial charge < -0.3 is 23.7 Å². The van der Waals surface area contributed by atoms with E-state index in [9.17, 15) is 9.59 Å². The summed E-state index contributed by atoms with van der Waals surface area (Å²) in [6.07, 6.45) is 1.49. The van der Waals surface area contributed by atoms with E-state index in [4.69, 9.17) is 23.7 Å². The lowest BCUT2D eigenvalue weighted by Gasteiger charge is -2.10. The van der Waals surface area contributed by atoms with Crippen molar-refractivity contribution in [2.75, 3.05) is 20.0 Å². The van der Waals surface area contributed by atoms with Gasteiger partial charge in [-0.15, -0.1) is 11.8 Å². The molecule has 33 heavy (non-hydrogen) atoms. The van der Waals surface area contributed by atoms with E-state index in [0.717, 1.165) is 10.6 Å². The number of ether oxygens (including phenoxy) is 3. The summed E-state index contributed by atoms with van der Waals surface area (Å²) >= 11 is 1.39. The maximum Gasteiger partial charge on any atom is 0.371 e. The van der Waals surface area contributed by atoms with E-state index >= 15 is 0 Å². The van der Waals surface area contributed by atoms with Gasteiger partial charge in [-0.3, -0.25) is 4.79 Å². The van der Waals surface area contributed by atoms with Crippen LogP contribution < -0.4 is 19.6 Å². The van der Waals surface area contributed by atoms with Gasteiger partial charge in [-0.25, -0.2) is 10.2 Å². The van der Waals surface area contributed by atoms with Gasteiger partial charge in [0.05, 0.1) is 26.2 Å². The van der Waals surface area contributed by atoms with Crippen molar-refractivity contribution in [2.24, 2.45) is 5.10 Å². The van der Waals surface area contributed by atoms with Crippen molar-refractivity contribution in [1.29, 1.82) is 0 Å². The molecule has 0 unspecified atom stereocenters. The number of nitrogens with one attached hydrogen (secondary N) is 1. The lowest BCUT2D eigenvalue weighted by Crippen LogP contribution is -2.19. The average Bonchev–Trinajstić information content (AvgIpc) is 3.31. The second-order valence-corrected chi connectivity index (χ2v) is 7.58. The number of hydrogen-bond donors (Lipinski definition) is 2. The molecule has 0 aliphatic heterocycles. The largest absolute Gasteiger partial charge is 0.497 e. The van der Waals surface area contributed by atoms with Crippen LogP contribution in [0, 0.1) is 0 Å². The summed E-state index contributed by atoms with van der Waals surface area (Å²) in [7, 11) is 3.10. The van der Waals surface area contributed by atoms with Crippen LogP contribution in [0.3, 0.4) is 0 Å². The molecule has 10 heteroatoms. The second kappa shape index (κ2) is 11.6. The summed E-state index contributed by atoms with van der Waals surface area (Å²) in [4.78, 5) is 23.8. The van der Waals surface area contributed by atoms with Gasteiger partial charge in [0.25, 0.3) is 0 Å². The fourth-order valence-electron chi connectivity index (χ4n) is 2.63. The van der Waals surface area contributed by atoms with E-state index in [1.54, 1.807) is 25.3 Å². The Labute approximate surface area is 194 Å². The summed E-state index contributed by atoms with van der Waals surface area (Å²) in [5, 5.41) is 12.9. The summed E-state index contributed by atoms with van der Waals surface area (Å²) < 4.78 is 21.3. The molecule has 3 rings (SSSR count). The number of aromatic carboxylic acids is 1. The predicted octanol–water partition coefficient (Wildman–Crippen LogP) is 3.82. The quantitative estimate of drug-likeness (QED) is 0.247. The van der Waals surface area contributed by atoms with Gasteiger partial charge in [0, 0.05) is 4.90 Å². The smallest absolute Gasteiger partial charge is 0.371 e. The minimum atomic E-state index is -1.14.